The van der Waals surface area contributed by atoms with Gasteiger partial charge in [0.1, 0.15) is 17.3 Å². The SMILES string of the molecule is CCOc1cc(OCC)c(C(=O)c2ccccc2)cc1C=Nn1c(C(C)C)nc2ccc(Br)cc2c1=O. The van der Waals surface area contributed by atoms with Crippen molar-refractivity contribution < 1.29 is 14.3 Å². The van der Waals surface area contributed by atoms with Crippen LogP contribution in [0.5, 0.6) is 11.5 Å². The molecule has 3 aromatic carbocycles. The molecule has 7 nitrogen and oxygen atoms in total. The third kappa shape index (κ3) is 5.64. The second-order valence-corrected chi connectivity index (χ2v) is 9.51. The molecule has 1 aromatic heterocycles. The minimum absolute atomic E-state index is 0.0557. The van der Waals surface area contributed by atoms with Gasteiger partial charge in [-0.3, -0.25) is 9.59 Å². The van der Waals surface area contributed by atoms with Crippen molar-refractivity contribution in [2.75, 3.05) is 13.2 Å². The summed E-state index contributed by atoms with van der Waals surface area (Å²) in [7, 11) is 0. The molecule has 0 fully saturated rings. The van der Waals surface area contributed by atoms with Gasteiger partial charge in [-0.1, -0.05) is 60.1 Å². The zero-order chi connectivity index (χ0) is 26.5. The van der Waals surface area contributed by atoms with Gasteiger partial charge in [0.2, 0.25) is 0 Å². The zero-order valence-corrected chi connectivity index (χ0v) is 22.8. The van der Waals surface area contributed by atoms with E-state index in [9.17, 15) is 9.59 Å². The summed E-state index contributed by atoms with van der Waals surface area (Å²) in [4.78, 5) is 31.5. The summed E-state index contributed by atoms with van der Waals surface area (Å²) >= 11 is 3.43. The van der Waals surface area contributed by atoms with Gasteiger partial charge in [-0.2, -0.15) is 9.78 Å². The van der Waals surface area contributed by atoms with Crippen molar-refractivity contribution in [1.29, 1.82) is 0 Å². The minimum Gasteiger partial charge on any atom is -0.493 e. The van der Waals surface area contributed by atoms with Crippen molar-refractivity contribution in [2.24, 2.45) is 5.10 Å². The van der Waals surface area contributed by atoms with Gasteiger partial charge in [0, 0.05) is 27.6 Å². The molecule has 4 rings (SSSR count). The van der Waals surface area contributed by atoms with Crippen molar-refractivity contribution in [1.82, 2.24) is 9.66 Å². The number of benzene rings is 3. The number of hydrogen-bond donors (Lipinski definition) is 0. The molecule has 0 aliphatic heterocycles. The van der Waals surface area contributed by atoms with Crippen molar-refractivity contribution in [3.8, 4) is 11.5 Å². The normalized spacial score (nSPS) is 11.4. The summed E-state index contributed by atoms with van der Waals surface area (Å²) in [5.74, 6) is 1.21. The van der Waals surface area contributed by atoms with Gasteiger partial charge >= 0.3 is 0 Å². The zero-order valence-electron chi connectivity index (χ0n) is 21.2. The highest BCUT2D eigenvalue weighted by molar-refractivity contribution is 9.10. The number of ether oxygens (including phenoxy) is 2. The molecule has 190 valence electrons. The average molecular weight is 562 g/mol. The van der Waals surface area contributed by atoms with E-state index in [1.165, 1.54) is 10.9 Å². The van der Waals surface area contributed by atoms with Crippen molar-refractivity contribution in [2.45, 2.75) is 33.6 Å². The summed E-state index contributed by atoms with van der Waals surface area (Å²) in [6.07, 6.45) is 1.53. The summed E-state index contributed by atoms with van der Waals surface area (Å²) in [5, 5.41) is 4.99. The first-order valence-corrected chi connectivity index (χ1v) is 12.9. The second-order valence-electron chi connectivity index (χ2n) is 8.60. The minimum atomic E-state index is -0.282. The van der Waals surface area contributed by atoms with Gasteiger partial charge in [-0.25, -0.2) is 4.98 Å². The molecule has 0 N–H and O–H groups in total. The quantitative estimate of drug-likeness (QED) is 0.179. The van der Waals surface area contributed by atoms with Crippen LogP contribution in [0.4, 0.5) is 0 Å². The number of halogens is 1. The van der Waals surface area contributed by atoms with Crippen LogP contribution in [0.25, 0.3) is 10.9 Å². The van der Waals surface area contributed by atoms with E-state index in [2.05, 4.69) is 21.0 Å². The Morgan fingerprint density at radius 3 is 2.41 bits per heavy atom. The molecule has 0 unspecified atom stereocenters. The smallest absolute Gasteiger partial charge is 0.282 e. The molecule has 0 spiro atoms. The first kappa shape index (κ1) is 26.3. The molecule has 8 heteroatoms. The maximum atomic E-state index is 13.4. The third-order valence-electron chi connectivity index (χ3n) is 5.65. The van der Waals surface area contributed by atoms with Gasteiger partial charge in [-0.15, -0.1) is 0 Å². The van der Waals surface area contributed by atoms with E-state index in [0.29, 0.717) is 58.1 Å². The van der Waals surface area contributed by atoms with Crippen LogP contribution in [0, 0.1) is 0 Å². The molecular formula is C29H28BrN3O4. The lowest BCUT2D eigenvalue weighted by Crippen LogP contribution is -2.23. The first-order valence-electron chi connectivity index (χ1n) is 12.1. The molecule has 0 aliphatic carbocycles. The number of ketones is 1. The Hall–Kier alpha value is -3.78. The molecule has 0 bridgehead atoms. The molecule has 0 aliphatic rings. The van der Waals surface area contributed by atoms with E-state index >= 15 is 0 Å². The third-order valence-corrected chi connectivity index (χ3v) is 6.15. The van der Waals surface area contributed by atoms with Crippen molar-refractivity contribution in [3.05, 3.63) is 98.0 Å². The molecule has 37 heavy (non-hydrogen) atoms. The predicted molar refractivity (Wildman–Crippen MR) is 149 cm³/mol. The van der Waals surface area contributed by atoms with E-state index in [1.54, 1.807) is 30.3 Å². The van der Waals surface area contributed by atoms with E-state index < -0.39 is 0 Å². The number of fused-ring (bicyclic) bond motifs is 1. The highest BCUT2D eigenvalue weighted by Crippen LogP contribution is 2.31. The van der Waals surface area contributed by atoms with Crippen LogP contribution < -0.4 is 15.0 Å². The van der Waals surface area contributed by atoms with Gasteiger partial charge in [-0.05, 0) is 38.1 Å². The fraction of sp³-hybridized carbons (Fsp3) is 0.241. The highest BCUT2D eigenvalue weighted by atomic mass is 79.9. The summed E-state index contributed by atoms with van der Waals surface area (Å²) in [6, 6.07) is 17.8. The fourth-order valence-electron chi connectivity index (χ4n) is 3.93. The molecule has 0 saturated carbocycles. The second kappa shape index (κ2) is 11.5. The Balaban J connectivity index is 1.89. The molecule has 0 amide bonds. The number of nitrogens with zero attached hydrogens (tertiary/aromatic N) is 3. The fourth-order valence-corrected chi connectivity index (χ4v) is 4.29. The van der Waals surface area contributed by atoms with Gasteiger partial charge in [0.25, 0.3) is 5.56 Å². The molecule has 1 heterocycles. The standard InChI is InChI=1S/C29H28BrN3O4/c1-5-36-25-16-26(37-6-2)23(27(34)19-10-8-7-9-11-19)14-20(25)17-31-33-28(18(3)4)32-24-13-12-21(30)15-22(24)29(33)35/h7-18H,5-6H2,1-4H3. The van der Waals surface area contributed by atoms with Crippen LogP contribution in [-0.4, -0.2) is 34.9 Å². The maximum absolute atomic E-state index is 13.4. The Bertz CT molecular complexity index is 1530. The Morgan fingerprint density at radius 1 is 1.03 bits per heavy atom. The van der Waals surface area contributed by atoms with Crippen LogP contribution in [0.15, 0.2) is 75.0 Å². The molecule has 0 atom stereocenters. The number of carbonyl (C=O) groups is 1. The molecular weight excluding hydrogens is 534 g/mol. The van der Waals surface area contributed by atoms with Gasteiger partial charge in [0.15, 0.2) is 5.78 Å². The van der Waals surface area contributed by atoms with Crippen molar-refractivity contribution >= 4 is 38.8 Å². The van der Waals surface area contributed by atoms with Crippen LogP contribution in [0.3, 0.4) is 0 Å². The van der Waals surface area contributed by atoms with E-state index in [0.717, 1.165) is 4.47 Å². The Morgan fingerprint density at radius 2 is 1.73 bits per heavy atom. The monoisotopic (exact) mass is 561 g/mol. The maximum Gasteiger partial charge on any atom is 0.282 e. The number of rotatable bonds is 9. The lowest BCUT2D eigenvalue weighted by molar-refractivity contribution is 0.103. The summed E-state index contributed by atoms with van der Waals surface area (Å²) in [6.45, 7) is 8.43. The molecule has 4 aromatic rings. The Labute approximate surface area is 223 Å². The highest BCUT2D eigenvalue weighted by Gasteiger charge is 2.19. The van der Waals surface area contributed by atoms with Gasteiger partial charge in [0.05, 0.1) is 35.9 Å². The van der Waals surface area contributed by atoms with Crippen LogP contribution >= 0.6 is 15.9 Å². The first-order chi connectivity index (χ1) is 17.8. The number of carbonyl (C=O) groups excluding carboxylic acids is 1. The number of aromatic nitrogens is 2. The largest absolute Gasteiger partial charge is 0.493 e. The van der Waals surface area contributed by atoms with Crippen molar-refractivity contribution in [3.63, 3.8) is 0 Å². The lowest BCUT2D eigenvalue weighted by atomic mass is 10.00. The van der Waals surface area contributed by atoms with E-state index in [4.69, 9.17) is 14.5 Å². The Kier molecular flexibility index (Phi) is 8.18. The van der Waals surface area contributed by atoms with Crippen LogP contribution in [0.1, 0.15) is 60.9 Å². The van der Waals surface area contributed by atoms with Gasteiger partial charge < -0.3 is 9.47 Å². The van der Waals surface area contributed by atoms with E-state index in [1.807, 2.05) is 58.0 Å². The van der Waals surface area contributed by atoms with Crippen LogP contribution in [-0.2, 0) is 0 Å². The lowest BCUT2D eigenvalue weighted by Gasteiger charge is -2.15. The summed E-state index contributed by atoms with van der Waals surface area (Å²) in [5.41, 5.74) is 1.79. The van der Waals surface area contributed by atoms with Crippen LogP contribution in [0.2, 0.25) is 0 Å². The number of hydrogen-bond acceptors (Lipinski definition) is 6. The van der Waals surface area contributed by atoms with E-state index in [-0.39, 0.29) is 17.3 Å². The molecule has 0 radical (unpaired) electrons. The topological polar surface area (TPSA) is 82.8 Å². The predicted octanol–water partition coefficient (Wildman–Crippen LogP) is 6.19. The summed E-state index contributed by atoms with van der Waals surface area (Å²) < 4.78 is 13.7. The average Bonchev–Trinajstić information content (AvgIpc) is 2.89. The molecule has 0 saturated heterocycles.